The third-order valence-electron chi connectivity index (χ3n) is 3.63. The fourth-order valence-corrected chi connectivity index (χ4v) is 2.61. The van der Waals surface area contributed by atoms with Gasteiger partial charge in [0.1, 0.15) is 5.75 Å². The van der Waals surface area contributed by atoms with Gasteiger partial charge in [-0.2, -0.15) is 0 Å². The Morgan fingerprint density at radius 1 is 1.42 bits per heavy atom. The smallest absolute Gasteiger partial charge is 0.225 e. The van der Waals surface area contributed by atoms with Crippen LogP contribution in [0.4, 0.5) is 0 Å². The molecule has 0 spiro atoms. The van der Waals surface area contributed by atoms with E-state index in [1.54, 1.807) is 7.11 Å². The number of ether oxygens (including phenoxy) is 1. The van der Waals surface area contributed by atoms with Crippen molar-refractivity contribution in [3.8, 4) is 5.75 Å². The Morgan fingerprint density at radius 3 is 2.84 bits per heavy atom. The predicted molar refractivity (Wildman–Crippen MR) is 72.9 cm³/mol. The van der Waals surface area contributed by atoms with E-state index in [1.807, 2.05) is 25.1 Å². The molecule has 1 saturated carbocycles. The Balaban J connectivity index is 1.94. The average Bonchev–Trinajstić information content (AvgIpc) is 2.81. The molecule has 1 aliphatic rings. The van der Waals surface area contributed by atoms with Crippen molar-refractivity contribution in [1.29, 1.82) is 0 Å². The molecule has 19 heavy (non-hydrogen) atoms. The van der Waals surface area contributed by atoms with Crippen LogP contribution in [0.2, 0.25) is 0 Å². The van der Waals surface area contributed by atoms with Gasteiger partial charge in [0.05, 0.1) is 19.1 Å². The summed E-state index contributed by atoms with van der Waals surface area (Å²) < 4.78 is 5.21. The van der Waals surface area contributed by atoms with Gasteiger partial charge in [-0.05, 0) is 49.4 Å². The highest BCUT2D eigenvalue weighted by atomic mass is 16.5. The third kappa shape index (κ3) is 3.47. The Hall–Kier alpha value is -1.55. The summed E-state index contributed by atoms with van der Waals surface area (Å²) in [5, 5.41) is 12.6. The van der Waals surface area contributed by atoms with Crippen LogP contribution >= 0.6 is 0 Å². The van der Waals surface area contributed by atoms with Crippen molar-refractivity contribution in [2.75, 3.05) is 7.11 Å². The molecule has 2 atom stereocenters. The van der Waals surface area contributed by atoms with Crippen LogP contribution in [-0.4, -0.2) is 24.2 Å². The highest BCUT2D eigenvalue weighted by molar-refractivity contribution is 5.79. The highest BCUT2D eigenvalue weighted by Gasteiger charge is 2.31. The number of hydrogen-bond donors (Lipinski definition) is 2. The topological polar surface area (TPSA) is 58.6 Å². The molecule has 1 amide bonds. The molecular weight excluding hydrogens is 242 g/mol. The molecule has 1 aromatic carbocycles. The van der Waals surface area contributed by atoms with Gasteiger partial charge >= 0.3 is 0 Å². The maximum atomic E-state index is 12.0. The molecule has 0 bridgehead atoms. The van der Waals surface area contributed by atoms with E-state index in [0.29, 0.717) is 6.54 Å². The van der Waals surface area contributed by atoms with Crippen molar-refractivity contribution < 1.29 is 14.6 Å². The number of carbonyl (C=O) groups excluding carboxylic acids is 1. The first-order valence-corrected chi connectivity index (χ1v) is 6.70. The van der Waals surface area contributed by atoms with Gasteiger partial charge in [0.2, 0.25) is 5.91 Å². The second kappa shape index (κ2) is 6.06. The zero-order valence-corrected chi connectivity index (χ0v) is 11.5. The zero-order chi connectivity index (χ0) is 13.8. The van der Waals surface area contributed by atoms with E-state index in [1.165, 1.54) is 0 Å². The number of hydrogen-bond acceptors (Lipinski definition) is 3. The van der Waals surface area contributed by atoms with Crippen molar-refractivity contribution in [3.05, 3.63) is 29.3 Å². The Bertz CT molecular complexity index is 459. The van der Waals surface area contributed by atoms with E-state index in [-0.39, 0.29) is 11.8 Å². The highest BCUT2D eigenvalue weighted by Crippen LogP contribution is 2.25. The molecule has 0 aliphatic heterocycles. The minimum absolute atomic E-state index is 0.0505. The fraction of sp³-hybridized carbons (Fsp3) is 0.533. The van der Waals surface area contributed by atoms with Crippen LogP contribution in [0.15, 0.2) is 18.2 Å². The molecule has 104 valence electrons. The molecule has 4 nitrogen and oxygen atoms in total. The molecule has 2 N–H and O–H groups in total. The summed E-state index contributed by atoms with van der Waals surface area (Å²) in [7, 11) is 1.63. The summed E-state index contributed by atoms with van der Waals surface area (Å²) >= 11 is 0. The van der Waals surface area contributed by atoms with Gasteiger partial charge in [-0.3, -0.25) is 4.79 Å². The van der Waals surface area contributed by atoms with Gasteiger partial charge in [0.15, 0.2) is 0 Å². The lowest BCUT2D eigenvalue weighted by Gasteiger charge is -2.15. The predicted octanol–water partition coefficient (Wildman–Crippen LogP) is 1.78. The normalized spacial score (nSPS) is 22.3. The largest absolute Gasteiger partial charge is 0.497 e. The maximum Gasteiger partial charge on any atom is 0.225 e. The summed E-state index contributed by atoms with van der Waals surface area (Å²) in [5.41, 5.74) is 2.11. The van der Waals surface area contributed by atoms with Crippen LogP contribution in [0.1, 0.15) is 30.4 Å². The minimum Gasteiger partial charge on any atom is -0.497 e. The molecule has 4 heteroatoms. The Labute approximate surface area is 113 Å². The van der Waals surface area contributed by atoms with Gasteiger partial charge in [0.25, 0.3) is 0 Å². The standard InChI is InChI=1S/C15H21NO3/c1-10-6-11(8-12(7-10)19-2)9-16-15(18)13-4-3-5-14(13)17/h6-8,13-14,17H,3-5,9H2,1-2H3,(H,16,18). The number of benzene rings is 1. The quantitative estimate of drug-likeness (QED) is 0.870. The van der Waals surface area contributed by atoms with Crippen LogP contribution in [-0.2, 0) is 11.3 Å². The van der Waals surface area contributed by atoms with Gasteiger partial charge in [-0.1, -0.05) is 6.07 Å². The summed E-state index contributed by atoms with van der Waals surface area (Å²) in [6, 6.07) is 5.89. The van der Waals surface area contributed by atoms with Crippen LogP contribution < -0.4 is 10.1 Å². The third-order valence-corrected chi connectivity index (χ3v) is 3.63. The number of amides is 1. The lowest BCUT2D eigenvalue weighted by molar-refractivity contribution is -0.127. The molecule has 2 rings (SSSR count). The summed E-state index contributed by atoms with van der Waals surface area (Å²) in [4.78, 5) is 12.0. The van der Waals surface area contributed by atoms with E-state index >= 15 is 0 Å². The first kappa shape index (κ1) is 13.9. The number of methoxy groups -OCH3 is 1. The van der Waals surface area contributed by atoms with Crippen molar-refractivity contribution in [1.82, 2.24) is 5.32 Å². The summed E-state index contributed by atoms with van der Waals surface area (Å²) in [6.45, 7) is 2.47. The average molecular weight is 263 g/mol. The lowest BCUT2D eigenvalue weighted by atomic mass is 10.0. The van der Waals surface area contributed by atoms with Crippen molar-refractivity contribution in [3.63, 3.8) is 0 Å². The van der Waals surface area contributed by atoms with E-state index in [4.69, 9.17) is 4.74 Å². The summed E-state index contributed by atoms with van der Waals surface area (Å²) in [6.07, 6.45) is 1.96. The number of aliphatic hydroxyl groups excluding tert-OH is 1. The molecular formula is C15H21NO3. The van der Waals surface area contributed by atoms with Crippen molar-refractivity contribution >= 4 is 5.91 Å². The fourth-order valence-electron chi connectivity index (χ4n) is 2.61. The van der Waals surface area contributed by atoms with Crippen LogP contribution in [0, 0.1) is 12.8 Å². The molecule has 2 unspecified atom stereocenters. The first-order chi connectivity index (χ1) is 9.10. The molecule has 0 saturated heterocycles. The Kier molecular flexibility index (Phi) is 4.43. The van der Waals surface area contributed by atoms with Crippen LogP contribution in [0.5, 0.6) is 5.75 Å². The maximum absolute atomic E-state index is 12.0. The molecule has 1 fully saturated rings. The Morgan fingerprint density at radius 2 is 2.21 bits per heavy atom. The van der Waals surface area contributed by atoms with Crippen molar-refractivity contribution in [2.24, 2.45) is 5.92 Å². The van der Waals surface area contributed by atoms with Gasteiger partial charge in [-0.15, -0.1) is 0 Å². The van der Waals surface area contributed by atoms with Gasteiger partial charge in [-0.25, -0.2) is 0 Å². The first-order valence-electron chi connectivity index (χ1n) is 6.70. The number of aryl methyl sites for hydroxylation is 1. The van der Waals surface area contributed by atoms with E-state index in [0.717, 1.165) is 36.1 Å². The van der Waals surface area contributed by atoms with Crippen LogP contribution in [0.25, 0.3) is 0 Å². The van der Waals surface area contributed by atoms with E-state index < -0.39 is 6.10 Å². The second-order valence-corrected chi connectivity index (χ2v) is 5.18. The number of rotatable bonds is 4. The van der Waals surface area contributed by atoms with Gasteiger partial charge in [0, 0.05) is 6.54 Å². The SMILES string of the molecule is COc1cc(C)cc(CNC(=O)C2CCCC2O)c1. The summed E-state index contributed by atoms with van der Waals surface area (Å²) in [5.74, 6) is 0.502. The number of carbonyl (C=O) groups is 1. The zero-order valence-electron chi connectivity index (χ0n) is 11.5. The molecule has 1 aliphatic carbocycles. The molecule has 0 heterocycles. The molecule has 0 aromatic heterocycles. The van der Waals surface area contributed by atoms with Crippen molar-refractivity contribution in [2.45, 2.75) is 38.8 Å². The monoisotopic (exact) mass is 263 g/mol. The van der Waals surface area contributed by atoms with Crippen LogP contribution in [0.3, 0.4) is 0 Å². The minimum atomic E-state index is -0.480. The van der Waals surface area contributed by atoms with Gasteiger partial charge < -0.3 is 15.2 Å². The van der Waals surface area contributed by atoms with E-state index in [2.05, 4.69) is 5.32 Å². The number of nitrogens with one attached hydrogen (secondary N) is 1. The molecule has 1 aromatic rings. The second-order valence-electron chi connectivity index (χ2n) is 5.18. The lowest BCUT2D eigenvalue weighted by Crippen LogP contribution is -2.34. The number of aliphatic hydroxyl groups is 1. The molecule has 0 radical (unpaired) electrons. The van der Waals surface area contributed by atoms with E-state index in [9.17, 15) is 9.90 Å².